The Bertz CT molecular complexity index is 1010. The summed E-state index contributed by atoms with van der Waals surface area (Å²) >= 11 is 7.11. The minimum Gasteiger partial charge on any atom is -0.491 e. The number of aliphatic imine (C=N–C) groups is 1. The van der Waals surface area contributed by atoms with E-state index in [0.717, 1.165) is 52.2 Å². The molecule has 0 aromatic heterocycles. The molecule has 37 heavy (non-hydrogen) atoms. The van der Waals surface area contributed by atoms with Crippen LogP contribution in [-0.2, 0) is 16.2 Å². The summed E-state index contributed by atoms with van der Waals surface area (Å²) in [7, 11) is 0. The highest BCUT2D eigenvalue weighted by atomic mass is 79.9. The number of nitrogens with zero attached hydrogens (tertiary/aromatic N) is 1. The molecule has 0 saturated carbocycles. The fourth-order valence-corrected chi connectivity index (χ4v) is 4.68. The van der Waals surface area contributed by atoms with Crippen molar-refractivity contribution in [1.82, 2.24) is 10.8 Å². The van der Waals surface area contributed by atoms with Crippen molar-refractivity contribution in [3.05, 3.63) is 68.2 Å². The third kappa shape index (κ3) is 12.5. The molecule has 0 radical (unpaired) electrons. The molecule has 202 valence electrons. The van der Waals surface area contributed by atoms with Gasteiger partial charge in [0.25, 0.3) is 5.91 Å². The van der Waals surface area contributed by atoms with E-state index in [1.807, 2.05) is 42.5 Å². The van der Waals surface area contributed by atoms with Gasteiger partial charge in [-0.15, -0.1) is 0 Å². The zero-order valence-electron chi connectivity index (χ0n) is 20.8. The lowest BCUT2D eigenvalue weighted by molar-refractivity contribution is -0.119. The normalized spacial score (nSPS) is 11.2. The van der Waals surface area contributed by atoms with Gasteiger partial charge in [-0.25, -0.2) is 0 Å². The monoisotopic (exact) mass is 638 g/mol. The van der Waals surface area contributed by atoms with Crippen LogP contribution in [0.2, 0.25) is 0 Å². The van der Waals surface area contributed by atoms with Gasteiger partial charge in [-0.3, -0.25) is 20.1 Å². The number of carbonyl (C=O) groups excluding carboxylic acids is 1. The Morgan fingerprint density at radius 3 is 2.38 bits per heavy atom. The molecule has 9 nitrogen and oxygen atoms in total. The number of hydrogen-bond acceptors (Lipinski definition) is 6. The molecule has 11 heteroatoms. The van der Waals surface area contributed by atoms with E-state index in [2.05, 4.69) is 47.6 Å². The Morgan fingerprint density at radius 1 is 1.00 bits per heavy atom. The highest BCUT2D eigenvalue weighted by Gasteiger charge is 2.13. The van der Waals surface area contributed by atoms with Gasteiger partial charge in [0.05, 0.1) is 22.2 Å². The molecule has 2 aromatic rings. The second-order valence-electron chi connectivity index (χ2n) is 8.22. The fourth-order valence-electron chi connectivity index (χ4n) is 3.23. The summed E-state index contributed by atoms with van der Waals surface area (Å²) in [5, 5.41) is 2.96. The van der Waals surface area contributed by atoms with Gasteiger partial charge in [0.15, 0.2) is 5.96 Å². The summed E-state index contributed by atoms with van der Waals surface area (Å²) in [5.74, 6) is 0.537. The van der Waals surface area contributed by atoms with Crippen molar-refractivity contribution < 1.29 is 14.4 Å². The number of unbranched alkanes of at least 4 members (excludes halogenated alkanes) is 3. The molecule has 0 aliphatic heterocycles. The molecule has 2 rings (SSSR count). The van der Waals surface area contributed by atoms with Crippen LogP contribution >= 0.6 is 31.9 Å². The van der Waals surface area contributed by atoms with E-state index in [0.29, 0.717) is 44.3 Å². The Morgan fingerprint density at radius 2 is 1.70 bits per heavy atom. The highest BCUT2D eigenvalue weighted by Crippen LogP contribution is 2.35. The largest absolute Gasteiger partial charge is 0.491 e. The van der Waals surface area contributed by atoms with Gasteiger partial charge in [-0.2, -0.15) is 0 Å². The molecule has 0 fully saturated rings. The van der Waals surface area contributed by atoms with E-state index in [-0.39, 0.29) is 11.9 Å². The highest BCUT2D eigenvalue weighted by molar-refractivity contribution is 9.11. The summed E-state index contributed by atoms with van der Waals surface area (Å²) in [6.07, 6.45) is 6.18. The van der Waals surface area contributed by atoms with E-state index in [1.54, 1.807) is 6.08 Å². The number of nitrogens with two attached hydrogens (primary N) is 3. The summed E-state index contributed by atoms with van der Waals surface area (Å²) in [5.41, 5.74) is 21.1. The molecule has 0 spiro atoms. The van der Waals surface area contributed by atoms with E-state index >= 15 is 0 Å². The second kappa shape index (κ2) is 17.8. The number of halogens is 2. The fraction of sp³-hybridized carbons (Fsp3) is 0.385. The molecule has 1 amide bonds. The number of rotatable bonds is 17. The van der Waals surface area contributed by atoms with Crippen LogP contribution in [0.15, 0.2) is 62.1 Å². The lowest BCUT2D eigenvalue weighted by atomic mass is 10.1. The quantitative estimate of drug-likeness (QED) is 0.0578. The maximum Gasteiger partial charge on any atom is 0.269 e. The summed E-state index contributed by atoms with van der Waals surface area (Å²) in [4.78, 5) is 22.6. The molecule has 2 aromatic carbocycles. The van der Waals surface area contributed by atoms with Gasteiger partial charge in [0.1, 0.15) is 11.4 Å². The third-order valence-electron chi connectivity index (χ3n) is 5.10. The van der Waals surface area contributed by atoms with Crippen LogP contribution in [0.25, 0.3) is 6.08 Å². The first-order chi connectivity index (χ1) is 17.9. The number of benzene rings is 2. The van der Waals surface area contributed by atoms with Crippen LogP contribution in [0, 0.1) is 0 Å². The van der Waals surface area contributed by atoms with Crippen molar-refractivity contribution in [2.24, 2.45) is 22.2 Å². The Kier molecular flexibility index (Phi) is 14.7. The zero-order chi connectivity index (χ0) is 26.9. The summed E-state index contributed by atoms with van der Waals surface area (Å²) in [6.45, 7) is 2.54. The maximum absolute atomic E-state index is 13.0. The van der Waals surface area contributed by atoms with Crippen LogP contribution in [0.4, 0.5) is 0 Å². The van der Waals surface area contributed by atoms with Crippen molar-refractivity contribution in [3.8, 4) is 5.75 Å². The first-order valence-electron chi connectivity index (χ1n) is 12.2. The average molecular weight is 640 g/mol. The molecule has 0 saturated heterocycles. The Labute approximate surface area is 235 Å². The number of hydroxylamine groups is 1. The van der Waals surface area contributed by atoms with Crippen LogP contribution in [-0.4, -0.2) is 38.1 Å². The van der Waals surface area contributed by atoms with Gasteiger partial charge >= 0.3 is 0 Å². The zero-order valence-corrected chi connectivity index (χ0v) is 24.0. The smallest absolute Gasteiger partial charge is 0.269 e. The van der Waals surface area contributed by atoms with Crippen molar-refractivity contribution in [1.29, 1.82) is 0 Å². The van der Waals surface area contributed by atoms with Crippen molar-refractivity contribution >= 4 is 49.8 Å². The molecule has 0 heterocycles. The minimum absolute atomic E-state index is 0.112. The number of hydrogen-bond donors (Lipinski definition) is 5. The molecular formula is C26H36Br2N6O3. The second-order valence-corrected chi connectivity index (χ2v) is 9.92. The van der Waals surface area contributed by atoms with Gasteiger partial charge in [-0.05, 0) is 87.0 Å². The predicted octanol–water partition coefficient (Wildman–Crippen LogP) is 3.95. The van der Waals surface area contributed by atoms with Crippen LogP contribution in [0.5, 0.6) is 5.75 Å². The van der Waals surface area contributed by atoms with E-state index in [1.165, 1.54) is 0 Å². The molecule has 0 atom stereocenters. The van der Waals surface area contributed by atoms with E-state index < -0.39 is 0 Å². The van der Waals surface area contributed by atoms with Crippen LogP contribution < -0.4 is 32.7 Å². The molecule has 0 aliphatic rings. The molecule has 0 aliphatic carbocycles. The van der Waals surface area contributed by atoms with Crippen LogP contribution in [0.3, 0.4) is 0 Å². The molecule has 0 bridgehead atoms. The topological polar surface area (TPSA) is 150 Å². The third-order valence-corrected chi connectivity index (χ3v) is 6.28. The van der Waals surface area contributed by atoms with Gasteiger partial charge in [-0.1, -0.05) is 43.2 Å². The predicted molar refractivity (Wildman–Crippen MR) is 156 cm³/mol. The van der Waals surface area contributed by atoms with E-state index in [4.69, 9.17) is 26.8 Å². The molecule has 8 N–H and O–H groups in total. The lowest BCUT2D eigenvalue weighted by Crippen LogP contribution is -2.32. The summed E-state index contributed by atoms with van der Waals surface area (Å²) < 4.78 is 7.33. The Balaban J connectivity index is 2.01. The van der Waals surface area contributed by atoms with Crippen molar-refractivity contribution in [2.75, 3.05) is 26.2 Å². The van der Waals surface area contributed by atoms with Gasteiger partial charge < -0.3 is 27.3 Å². The molecule has 0 unspecified atom stereocenters. The lowest BCUT2D eigenvalue weighted by Gasteiger charge is -2.14. The first kappa shape index (κ1) is 30.6. The number of guanidine groups is 1. The van der Waals surface area contributed by atoms with Crippen molar-refractivity contribution in [3.63, 3.8) is 0 Å². The number of carbonyl (C=O) groups is 1. The van der Waals surface area contributed by atoms with Gasteiger partial charge in [0, 0.05) is 13.1 Å². The summed E-state index contributed by atoms with van der Waals surface area (Å²) in [6, 6.07) is 13.5. The van der Waals surface area contributed by atoms with Gasteiger partial charge in [0.2, 0.25) is 0 Å². The Hall–Kier alpha value is -2.60. The van der Waals surface area contributed by atoms with Crippen LogP contribution in [0.1, 0.15) is 43.2 Å². The minimum atomic E-state index is -0.260. The molecular weight excluding hydrogens is 604 g/mol. The standard InChI is InChI=1S/C26H36Br2N6O3/c27-21-15-20(16-22(28)24(21)36-14-8-11-29)17-23(34-37-18-19-9-4-3-5-10-19)25(35)32-12-6-1-2-7-13-33-26(30)31/h3-5,9-10,15-17,34H,1-2,6-8,11-14,18,29H2,(H,32,35)(H4,30,31,33). The number of ether oxygens (including phenoxy) is 1. The SMILES string of the molecule is NCCCOc1c(Br)cc(C=C(NOCc2ccccc2)C(=O)NCCCCCCN=C(N)N)cc1Br. The first-order valence-corrected chi connectivity index (χ1v) is 13.8. The average Bonchev–Trinajstić information content (AvgIpc) is 2.87. The maximum atomic E-state index is 13.0. The van der Waals surface area contributed by atoms with Crippen molar-refractivity contribution in [2.45, 2.75) is 38.7 Å². The number of nitrogens with one attached hydrogen (secondary N) is 2. The van der Waals surface area contributed by atoms with E-state index in [9.17, 15) is 4.79 Å². The number of amides is 1.